The molecule has 2 aliphatic carbocycles. The van der Waals surface area contributed by atoms with E-state index in [1.54, 1.807) is 0 Å². The van der Waals surface area contributed by atoms with Gasteiger partial charge in [-0.2, -0.15) is 0 Å². The molecule has 2 bridgehead atoms. The number of carbonyl (C=O) groups is 1. The van der Waals surface area contributed by atoms with Crippen molar-refractivity contribution >= 4 is 29.4 Å². The minimum absolute atomic E-state index is 0.297. The Balaban J connectivity index is 1.49. The van der Waals surface area contributed by atoms with Gasteiger partial charge in [0.05, 0.1) is 17.3 Å². The summed E-state index contributed by atoms with van der Waals surface area (Å²) in [6.07, 6.45) is 6.38. The Hall–Kier alpha value is 0.130. The molecule has 2 heterocycles. The Morgan fingerprint density at radius 1 is 1.05 bits per heavy atom. The molecule has 1 spiro atoms. The van der Waals surface area contributed by atoms with Crippen molar-refractivity contribution in [3.8, 4) is 0 Å². The minimum atomic E-state index is 0.297. The lowest BCUT2D eigenvalue weighted by molar-refractivity contribution is -0.142. The van der Waals surface area contributed by atoms with Gasteiger partial charge in [-0.3, -0.25) is 4.79 Å². The molecule has 2 saturated heterocycles. The first-order valence-corrected chi connectivity index (χ1v) is 10.4. The third-order valence-electron chi connectivity index (χ3n) is 5.79. The molecule has 21 heavy (non-hydrogen) atoms. The highest BCUT2D eigenvalue weighted by molar-refractivity contribution is 8.21. The number of hydrogen-bond acceptors (Lipinski definition) is 4. The third-order valence-corrected chi connectivity index (χ3v) is 9.81. The van der Waals surface area contributed by atoms with Gasteiger partial charge >= 0.3 is 0 Å². The van der Waals surface area contributed by atoms with Crippen molar-refractivity contribution < 1.29 is 9.53 Å². The predicted octanol–water partition coefficient (Wildman–Crippen LogP) is 2.85. The third kappa shape index (κ3) is 2.53. The minimum Gasteiger partial charge on any atom is -0.378 e. The fraction of sp³-hybridized carbons (Fsp3) is 0.938. The molecule has 0 N–H and O–H groups in total. The molecule has 0 aromatic carbocycles. The molecule has 118 valence electrons. The largest absolute Gasteiger partial charge is 0.378 e. The van der Waals surface area contributed by atoms with Crippen LogP contribution in [0.1, 0.15) is 32.1 Å². The van der Waals surface area contributed by atoms with E-state index in [1.165, 1.54) is 30.8 Å². The molecule has 4 fully saturated rings. The lowest BCUT2D eigenvalue weighted by atomic mass is 9.66. The van der Waals surface area contributed by atoms with E-state index in [0.29, 0.717) is 15.9 Å². The number of hydrogen-bond donors (Lipinski definition) is 0. The van der Waals surface area contributed by atoms with Crippen molar-refractivity contribution in [2.75, 3.05) is 37.8 Å². The molecule has 2 aliphatic heterocycles. The van der Waals surface area contributed by atoms with Crippen LogP contribution in [-0.4, -0.2) is 52.7 Å². The lowest BCUT2D eigenvalue weighted by Gasteiger charge is -2.52. The number of nitrogens with zero attached hydrogens (tertiary/aromatic N) is 1. The van der Waals surface area contributed by atoms with E-state index < -0.39 is 0 Å². The fourth-order valence-electron chi connectivity index (χ4n) is 4.85. The van der Waals surface area contributed by atoms with Crippen LogP contribution in [0.5, 0.6) is 0 Å². The molecule has 2 atom stereocenters. The van der Waals surface area contributed by atoms with Crippen molar-refractivity contribution in [3.05, 3.63) is 0 Å². The molecule has 4 rings (SSSR count). The molecular formula is C16H25NO2S2. The second-order valence-corrected chi connectivity index (χ2v) is 9.85. The summed E-state index contributed by atoms with van der Waals surface area (Å²) in [4.78, 5) is 14.9. The maximum absolute atomic E-state index is 12.8. The number of morpholine rings is 1. The number of amides is 1. The van der Waals surface area contributed by atoms with Crippen molar-refractivity contribution in [3.63, 3.8) is 0 Å². The van der Waals surface area contributed by atoms with Gasteiger partial charge in [0.2, 0.25) is 5.91 Å². The molecule has 2 saturated carbocycles. The van der Waals surface area contributed by atoms with Crippen LogP contribution in [0.4, 0.5) is 0 Å². The fourth-order valence-corrected chi connectivity index (χ4v) is 8.79. The summed E-state index contributed by atoms with van der Waals surface area (Å²) >= 11 is 4.45. The summed E-state index contributed by atoms with van der Waals surface area (Å²) in [5.41, 5.74) is 0. The summed E-state index contributed by atoms with van der Waals surface area (Å²) < 4.78 is 5.87. The highest BCUT2D eigenvalue weighted by Crippen LogP contribution is 2.64. The van der Waals surface area contributed by atoms with Gasteiger partial charge in [-0.05, 0) is 37.5 Å². The topological polar surface area (TPSA) is 29.5 Å². The molecule has 3 nitrogen and oxygen atoms in total. The van der Waals surface area contributed by atoms with Gasteiger partial charge in [-0.25, -0.2) is 0 Å². The summed E-state index contributed by atoms with van der Waals surface area (Å²) in [5, 5.41) is 0. The van der Waals surface area contributed by atoms with Crippen LogP contribution in [0.2, 0.25) is 0 Å². The average Bonchev–Trinajstić information content (AvgIpc) is 2.97. The Morgan fingerprint density at radius 3 is 2.29 bits per heavy atom. The van der Waals surface area contributed by atoms with Crippen molar-refractivity contribution in [1.82, 2.24) is 4.90 Å². The van der Waals surface area contributed by atoms with Crippen LogP contribution in [0.15, 0.2) is 0 Å². The highest BCUT2D eigenvalue weighted by Gasteiger charge is 2.55. The lowest BCUT2D eigenvalue weighted by Crippen LogP contribution is -2.51. The maximum atomic E-state index is 12.8. The molecule has 0 radical (unpaired) electrons. The zero-order chi connectivity index (χ0) is 14.3. The van der Waals surface area contributed by atoms with Gasteiger partial charge in [0.15, 0.2) is 0 Å². The standard InChI is InChI=1S/C16H25NO2S2/c18-15(17-4-6-19-7-5-17)12-10-13-2-1-3-14(11-12)16(13)20-8-9-21-16/h12-14H,1-11H2. The monoisotopic (exact) mass is 327 g/mol. The first kappa shape index (κ1) is 14.7. The second kappa shape index (κ2) is 5.97. The Bertz CT molecular complexity index is 389. The van der Waals surface area contributed by atoms with Crippen LogP contribution < -0.4 is 0 Å². The second-order valence-electron chi connectivity index (χ2n) is 6.85. The van der Waals surface area contributed by atoms with Crippen LogP contribution in [0.3, 0.4) is 0 Å². The van der Waals surface area contributed by atoms with Crippen LogP contribution in [0.25, 0.3) is 0 Å². The Kier molecular flexibility index (Phi) is 4.18. The summed E-state index contributed by atoms with van der Waals surface area (Å²) in [7, 11) is 0. The highest BCUT2D eigenvalue weighted by atomic mass is 32.2. The summed E-state index contributed by atoms with van der Waals surface area (Å²) in [5.74, 6) is 4.92. The van der Waals surface area contributed by atoms with E-state index in [9.17, 15) is 4.79 Å². The van der Waals surface area contributed by atoms with Gasteiger partial charge in [0.1, 0.15) is 0 Å². The van der Waals surface area contributed by atoms with Crippen molar-refractivity contribution in [1.29, 1.82) is 0 Å². The van der Waals surface area contributed by atoms with Crippen LogP contribution >= 0.6 is 23.5 Å². The van der Waals surface area contributed by atoms with E-state index in [0.717, 1.165) is 51.0 Å². The van der Waals surface area contributed by atoms with Gasteiger partial charge in [-0.15, -0.1) is 23.5 Å². The van der Waals surface area contributed by atoms with E-state index >= 15 is 0 Å². The zero-order valence-corrected chi connectivity index (χ0v) is 14.2. The van der Waals surface area contributed by atoms with Gasteiger partial charge in [0.25, 0.3) is 0 Å². The van der Waals surface area contributed by atoms with E-state index in [1.807, 2.05) is 0 Å². The quantitative estimate of drug-likeness (QED) is 0.741. The first-order valence-electron chi connectivity index (χ1n) is 8.44. The molecule has 5 heteroatoms. The maximum Gasteiger partial charge on any atom is 0.225 e. The summed E-state index contributed by atoms with van der Waals surface area (Å²) in [6, 6.07) is 0. The Morgan fingerprint density at radius 2 is 1.67 bits per heavy atom. The number of ether oxygens (including phenoxy) is 1. The summed E-state index contributed by atoms with van der Waals surface area (Å²) in [6.45, 7) is 3.06. The SMILES string of the molecule is O=C(C1CC2CCCC(C1)C21SCCS1)N1CCOCC1. The number of thioether (sulfide) groups is 2. The van der Waals surface area contributed by atoms with Gasteiger partial charge in [0, 0.05) is 30.5 Å². The number of rotatable bonds is 1. The molecular weight excluding hydrogens is 302 g/mol. The molecule has 2 unspecified atom stereocenters. The smallest absolute Gasteiger partial charge is 0.225 e. The average molecular weight is 328 g/mol. The van der Waals surface area contributed by atoms with Crippen LogP contribution in [0, 0.1) is 17.8 Å². The van der Waals surface area contributed by atoms with E-state index in [2.05, 4.69) is 28.4 Å². The van der Waals surface area contributed by atoms with Crippen LogP contribution in [-0.2, 0) is 9.53 Å². The molecule has 1 amide bonds. The van der Waals surface area contributed by atoms with Crippen molar-refractivity contribution in [2.24, 2.45) is 17.8 Å². The zero-order valence-electron chi connectivity index (χ0n) is 12.6. The van der Waals surface area contributed by atoms with Gasteiger partial charge in [-0.1, -0.05) is 6.42 Å². The normalized spacial score (nSPS) is 38.7. The molecule has 0 aromatic heterocycles. The van der Waals surface area contributed by atoms with Crippen molar-refractivity contribution in [2.45, 2.75) is 36.2 Å². The molecule has 4 aliphatic rings. The Labute approximate surface area is 135 Å². The predicted molar refractivity (Wildman–Crippen MR) is 88.6 cm³/mol. The molecule has 0 aromatic rings. The van der Waals surface area contributed by atoms with E-state index in [4.69, 9.17) is 4.74 Å². The number of carbonyl (C=O) groups excluding carboxylic acids is 1. The van der Waals surface area contributed by atoms with E-state index in [-0.39, 0.29) is 0 Å². The van der Waals surface area contributed by atoms with Gasteiger partial charge < -0.3 is 9.64 Å². The first-order chi connectivity index (χ1) is 10.3.